The summed E-state index contributed by atoms with van der Waals surface area (Å²) in [6, 6.07) is 11.5. The van der Waals surface area contributed by atoms with Crippen LogP contribution in [0.2, 0.25) is 0 Å². The van der Waals surface area contributed by atoms with Gasteiger partial charge in [-0.3, -0.25) is 4.79 Å². The number of nitrogens with zero attached hydrogens (tertiary/aromatic N) is 2. The van der Waals surface area contributed by atoms with Crippen LogP contribution in [0.3, 0.4) is 0 Å². The molecule has 0 saturated heterocycles. The highest BCUT2D eigenvalue weighted by molar-refractivity contribution is 5.92. The second-order valence-corrected chi connectivity index (χ2v) is 4.88. The Balaban J connectivity index is 2.25. The second-order valence-electron chi connectivity index (χ2n) is 4.88. The molecule has 0 aliphatic heterocycles. The predicted octanol–water partition coefficient (Wildman–Crippen LogP) is 1.31. The van der Waals surface area contributed by atoms with Gasteiger partial charge in [0.15, 0.2) is 12.4 Å². The van der Waals surface area contributed by atoms with Crippen molar-refractivity contribution in [3.05, 3.63) is 71.2 Å². The molecule has 6 heteroatoms. The zero-order valence-corrected chi connectivity index (χ0v) is 12.3. The quantitative estimate of drug-likeness (QED) is 0.485. The first kappa shape index (κ1) is 15.5. The van der Waals surface area contributed by atoms with Crippen LogP contribution in [0.1, 0.15) is 22.0 Å². The number of aromatic nitrogens is 1. The first-order valence-electron chi connectivity index (χ1n) is 6.65. The monoisotopic (exact) mass is 300 g/mol. The number of pyridine rings is 1. The summed E-state index contributed by atoms with van der Waals surface area (Å²) < 4.78 is 5.91. The van der Waals surface area contributed by atoms with Crippen LogP contribution in [0.25, 0.3) is 0 Å². The Bertz CT molecular complexity index is 654. The lowest BCUT2D eigenvalue weighted by atomic mass is 10.1. The Morgan fingerprint density at radius 2 is 1.68 bits per heavy atom. The number of amides is 1. The molecule has 0 spiro atoms. The molecule has 0 radical (unpaired) electrons. The van der Waals surface area contributed by atoms with Crippen molar-refractivity contribution in [2.75, 3.05) is 14.1 Å². The van der Waals surface area contributed by atoms with Crippen LogP contribution in [0.15, 0.2) is 54.9 Å². The Morgan fingerprint density at radius 1 is 1.09 bits per heavy atom. The van der Waals surface area contributed by atoms with E-state index in [1.807, 2.05) is 6.07 Å². The van der Waals surface area contributed by atoms with Crippen LogP contribution in [0.4, 0.5) is 0 Å². The standard InChI is InChI=1S/C16H16N2O4/c1-17(2)15(19)14(12-6-4-3-5-7-12)22-16(20)13-8-10-18(21)11-9-13/h3-11,14H,1-2H3/t14-/m1/s1. The van der Waals surface area contributed by atoms with Crippen LogP contribution < -0.4 is 4.73 Å². The summed E-state index contributed by atoms with van der Waals surface area (Å²) in [7, 11) is 3.18. The molecule has 1 atom stereocenters. The highest BCUT2D eigenvalue weighted by Crippen LogP contribution is 2.21. The Labute approximate surface area is 128 Å². The third-order valence-corrected chi connectivity index (χ3v) is 3.03. The molecular formula is C16H16N2O4. The lowest BCUT2D eigenvalue weighted by Crippen LogP contribution is -2.31. The van der Waals surface area contributed by atoms with Crippen LogP contribution in [0.5, 0.6) is 0 Å². The third kappa shape index (κ3) is 3.60. The van der Waals surface area contributed by atoms with Crippen molar-refractivity contribution < 1.29 is 19.1 Å². The molecule has 6 nitrogen and oxygen atoms in total. The maximum Gasteiger partial charge on any atom is 0.339 e. The number of ether oxygens (including phenoxy) is 1. The van der Waals surface area contributed by atoms with Gasteiger partial charge in [0.2, 0.25) is 6.10 Å². The van der Waals surface area contributed by atoms with Gasteiger partial charge in [-0.25, -0.2) is 4.79 Å². The van der Waals surface area contributed by atoms with Crippen molar-refractivity contribution in [2.45, 2.75) is 6.10 Å². The Hall–Kier alpha value is -2.89. The topological polar surface area (TPSA) is 73.5 Å². The smallest absolute Gasteiger partial charge is 0.339 e. The van der Waals surface area contributed by atoms with Crippen molar-refractivity contribution >= 4 is 11.9 Å². The van der Waals surface area contributed by atoms with Gasteiger partial charge in [-0.15, -0.1) is 0 Å². The van der Waals surface area contributed by atoms with Crippen molar-refractivity contribution in [1.29, 1.82) is 0 Å². The van der Waals surface area contributed by atoms with E-state index in [4.69, 9.17) is 4.74 Å². The highest BCUT2D eigenvalue weighted by Gasteiger charge is 2.27. The number of esters is 1. The number of hydrogen-bond donors (Lipinski definition) is 0. The molecule has 0 aliphatic carbocycles. The predicted molar refractivity (Wildman–Crippen MR) is 78.7 cm³/mol. The molecule has 0 bridgehead atoms. The molecule has 0 N–H and O–H groups in total. The zero-order valence-electron chi connectivity index (χ0n) is 12.3. The van der Waals surface area contributed by atoms with E-state index in [-0.39, 0.29) is 11.5 Å². The maximum atomic E-state index is 12.3. The number of carbonyl (C=O) groups excluding carboxylic acids is 2. The van der Waals surface area contributed by atoms with Gasteiger partial charge < -0.3 is 14.8 Å². The molecule has 1 aromatic heterocycles. The largest absolute Gasteiger partial charge is 0.619 e. The van der Waals surface area contributed by atoms with Gasteiger partial charge in [0.1, 0.15) is 0 Å². The SMILES string of the molecule is CN(C)C(=O)[C@H](OC(=O)c1cc[n+]([O-])cc1)c1ccccc1. The fourth-order valence-electron chi connectivity index (χ4n) is 1.85. The van der Waals surface area contributed by atoms with E-state index in [1.54, 1.807) is 38.4 Å². The van der Waals surface area contributed by atoms with E-state index in [2.05, 4.69) is 0 Å². The van der Waals surface area contributed by atoms with Crippen molar-refractivity contribution in [3.8, 4) is 0 Å². The second kappa shape index (κ2) is 6.71. The van der Waals surface area contributed by atoms with Gasteiger partial charge >= 0.3 is 5.97 Å². The molecule has 0 unspecified atom stereocenters. The van der Waals surface area contributed by atoms with Crippen LogP contribution in [0, 0.1) is 5.21 Å². The molecule has 1 heterocycles. The normalized spacial score (nSPS) is 11.5. The number of benzene rings is 1. The molecule has 22 heavy (non-hydrogen) atoms. The molecule has 2 aromatic rings. The lowest BCUT2D eigenvalue weighted by molar-refractivity contribution is -0.605. The van der Waals surface area contributed by atoms with E-state index >= 15 is 0 Å². The summed E-state index contributed by atoms with van der Waals surface area (Å²) in [5, 5.41) is 11.0. The van der Waals surface area contributed by atoms with Crippen LogP contribution in [-0.2, 0) is 9.53 Å². The Kier molecular flexibility index (Phi) is 4.73. The van der Waals surface area contributed by atoms with Crippen LogP contribution in [-0.4, -0.2) is 30.9 Å². The summed E-state index contributed by atoms with van der Waals surface area (Å²) in [6.07, 6.45) is 1.37. The summed E-state index contributed by atoms with van der Waals surface area (Å²) in [4.78, 5) is 25.8. The average Bonchev–Trinajstić information content (AvgIpc) is 2.53. The summed E-state index contributed by atoms with van der Waals surface area (Å²) in [5.41, 5.74) is 0.795. The van der Waals surface area contributed by atoms with E-state index < -0.39 is 12.1 Å². The van der Waals surface area contributed by atoms with Gasteiger partial charge in [-0.05, 0) is 0 Å². The fraction of sp³-hybridized carbons (Fsp3) is 0.188. The molecule has 0 fully saturated rings. The molecule has 1 aromatic carbocycles. The molecule has 114 valence electrons. The van der Waals surface area contributed by atoms with Gasteiger partial charge in [-0.2, -0.15) is 4.73 Å². The summed E-state index contributed by atoms with van der Waals surface area (Å²) in [5.74, 6) is -1.00. The van der Waals surface area contributed by atoms with Crippen molar-refractivity contribution in [1.82, 2.24) is 4.90 Å². The molecule has 1 amide bonds. The number of likely N-dealkylation sites (N-methyl/N-ethyl adjacent to an activating group) is 1. The first-order chi connectivity index (χ1) is 10.5. The van der Waals surface area contributed by atoms with Gasteiger partial charge in [0, 0.05) is 31.8 Å². The minimum absolute atomic E-state index is 0.208. The van der Waals surface area contributed by atoms with Gasteiger partial charge in [0.05, 0.1) is 5.56 Å². The molecule has 0 aliphatic rings. The fourth-order valence-corrected chi connectivity index (χ4v) is 1.85. The third-order valence-electron chi connectivity index (χ3n) is 3.03. The average molecular weight is 300 g/mol. The van der Waals surface area contributed by atoms with Crippen molar-refractivity contribution in [2.24, 2.45) is 0 Å². The van der Waals surface area contributed by atoms with E-state index in [0.717, 1.165) is 0 Å². The lowest BCUT2D eigenvalue weighted by Gasteiger charge is -2.21. The van der Waals surface area contributed by atoms with E-state index in [0.29, 0.717) is 10.3 Å². The van der Waals surface area contributed by atoms with Gasteiger partial charge in [0.25, 0.3) is 5.91 Å². The minimum atomic E-state index is -1.02. The van der Waals surface area contributed by atoms with Gasteiger partial charge in [-0.1, -0.05) is 30.3 Å². The number of carbonyl (C=O) groups is 2. The first-order valence-corrected chi connectivity index (χ1v) is 6.65. The van der Waals surface area contributed by atoms with Crippen LogP contribution >= 0.6 is 0 Å². The number of hydrogen-bond acceptors (Lipinski definition) is 4. The van der Waals surface area contributed by atoms with E-state index in [9.17, 15) is 14.8 Å². The highest BCUT2D eigenvalue weighted by atomic mass is 16.5. The Morgan fingerprint density at radius 3 is 2.23 bits per heavy atom. The van der Waals surface area contributed by atoms with E-state index in [1.165, 1.54) is 29.4 Å². The molecule has 0 saturated carbocycles. The van der Waals surface area contributed by atoms with Crippen molar-refractivity contribution in [3.63, 3.8) is 0 Å². The molecule has 2 rings (SSSR count). The maximum absolute atomic E-state index is 12.3. The number of rotatable bonds is 4. The zero-order chi connectivity index (χ0) is 16.1. The molecular weight excluding hydrogens is 284 g/mol. The summed E-state index contributed by atoms with van der Waals surface area (Å²) >= 11 is 0. The summed E-state index contributed by atoms with van der Waals surface area (Å²) in [6.45, 7) is 0. The minimum Gasteiger partial charge on any atom is -0.619 e.